The van der Waals surface area contributed by atoms with Gasteiger partial charge in [0.25, 0.3) is 0 Å². The quantitative estimate of drug-likeness (QED) is 0.686. The molecule has 0 aliphatic carbocycles. The Morgan fingerprint density at radius 1 is 1.25 bits per heavy atom. The molecular weight excluding hydrogens is 276 g/mol. The third-order valence-electron chi connectivity index (χ3n) is 2.94. The summed E-state index contributed by atoms with van der Waals surface area (Å²) in [5.41, 5.74) is 1.68. The summed E-state index contributed by atoms with van der Waals surface area (Å²) < 4.78 is 7.11. The average Bonchev–Trinajstić information content (AvgIpc) is 3.05. The molecule has 100 valence electrons. The third kappa shape index (κ3) is 2.14. The lowest BCUT2D eigenvalue weighted by Crippen LogP contribution is -1.95. The number of hydrogen-bond donors (Lipinski definition) is 0. The molecule has 0 amide bonds. The second-order valence-electron chi connectivity index (χ2n) is 4.36. The summed E-state index contributed by atoms with van der Waals surface area (Å²) >= 11 is 6.14. The summed E-state index contributed by atoms with van der Waals surface area (Å²) in [5, 5.41) is 4.97. The minimum Gasteiger partial charge on any atom is -0.460 e. The highest BCUT2D eigenvalue weighted by molar-refractivity contribution is 6.32. The van der Waals surface area contributed by atoms with Gasteiger partial charge in [0.05, 0.1) is 16.3 Å². The molecule has 0 aliphatic heterocycles. The van der Waals surface area contributed by atoms with E-state index in [1.807, 2.05) is 31.2 Å². The molecule has 5 heteroatoms. The Balaban J connectivity index is 2.14. The van der Waals surface area contributed by atoms with E-state index in [4.69, 9.17) is 16.0 Å². The van der Waals surface area contributed by atoms with Crippen LogP contribution in [0.4, 0.5) is 0 Å². The predicted molar refractivity (Wildman–Crippen MR) is 76.4 cm³/mol. The maximum absolute atomic E-state index is 11.2. The van der Waals surface area contributed by atoms with Gasteiger partial charge in [-0.2, -0.15) is 5.10 Å². The number of hydrogen-bond acceptors (Lipinski definition) is 3. The van der Waals surface area contributed by atoms with Crippen molar-refractivity contribution in [2.45, 2.75) is 6.92 Å². The van der Waals surface area contributed by atoms with Crippen molar-refractivity contribution in [2.24, 2.45) is 0 Å². The minimum atomic E-state index is 0.458. The first-order valence-electron chi connectivity index (χ1n) is 6.05. The third-order valence-corrected chi connectivity index (χ3v) is 3.26. The Labute approximate surface area is 120 Å². The summed E-state index contributed by atoms with van der Waals surface area (Å²) in [5.74, 6) is 1.33. The van der Waals surface area contributed by atoms with E-state index in [9.17, 15) is 4.79 Å². The van der Waals surface area contributed by atoms with E-state index in [-0.39, 0.29) is 0 Å². The lowest BCUT2D eigenvalue weighted by molar-refractivity contribution is 0.112. The Kier molecular flexibility index (Phi) is 3.16. The Morgan fingerprint density at radius 3 is 2.70 bits per heavy atom. The standard InChI is InChI=1S/C15H11ClN2O2/c1-10-6-7-14(20-10)15-11(9-19)8-18(17-15)13-5-3-2-4-12(13)16/h2-9H,1H3. The van der Waals surface area contributed by atoms with Crippen LogP contribution in [0.25, 0.3) is 17.1 Å². The topological polar surface area (TPSA) is 48.0 Å². The minimum absolute atomic E-state index is 0.458. The first-order chi connectivity index (χ1) is 9.69. The normalized spacial score (nSPS) is 10.7. The summed E-state index contributed by atoms with van der Waals surface area (Å²) in [6.45, 7) is 1.84. The molecule has 0 unspecified atom stereocenters. The van der Waals surface area contributed by atoms with Gasteiger partial charge in [0.15, 0.2) is 12.0 Å². The second-order valence-corrected chi connectivity index (χ2v) is 4.76. The van der Waals surface area contributed by atoms with Crippen LogP contribution >= 0.6 is 11.6 Å². The molecule has 0 fully saturated rings. The van der Waals surface area contributed by atoms with Crippen LogP contribution in [0.3, 0.4) is 0 Å². The molecule has 0 N–H and O–H groups in total. The number of rotatable bonds is 3. The van der Waals surface area contributed by atoms with Crippen molar-refractivity contribution in [1.82, 2.24) is 9.78 Å². The Hall–Kier alpha value is -2.33. The van der Waals surface area contributed by atoms with Gasteiger partial charge >= 0.3 is 0 Å². The molecule has 0 bridgehead atoms. The number of aromatic nitrogens is 2. The Morgan fingerprint density at radius 2 is 2.05 bits per heavy atom. The average molecular weight is 287 g/mol. The predicted octanol–water partition coefficient (Wildman–Crippen LogP) is 3.91. The van der Waals surface area contributed by atoms with Crippen molar-refractivity contribution in [1.29, 1.82) is 0 Å². The molecule has 0 saturated heterocycles. The van der Waals surface area contributed by atoms with Gasteiger partial charge in [0.2, 0.25) is 0 Å². The van der Waals surface area contributed by atoms with Crippen LogP contribution in [0, 0.1) is 6.92 Å². The molecule has 0 atom stereocenters. The van der Waals surface area contributed by atoms with E-state index in [2.05, 4.69) is 5.10 Å². The second kappa shape index (κ2) is 4.98. The fraction of sp³-hybridized carbons (Fsp3) is 0.0667. The molecule has 0 saturated carbocycles. The molecule has 4 nitrogen and oxygen atoms in total. The van der Waals surface area contributed by atoms with Crippen molar-refractivity contribution in [3.8, 4) is 17.1 Å². The zero-order chi connectivity index (χ0) is 14.1. The monoisotopic (exact) mass is 286 g/mol. The number of para-hydroxylation sites is 1. The van der Waals surface area contributed by atoms with E-state index < -0.39 is 0 Å². The van der Waals surface area contributed by atoms with E-state index in [1.54, 1.807) is 23.0 Å². The molecule has 2 heterocycles. The van der Waals surface area contributed by atoms with Crippen LogP contribution in [0.15, 0.2) is 47.0 Å². The van der Waals surface area contributed by atoms with Crippen LogP contribution in [-0.2, 0) is 0 Å². The van der Waals surface area contributed by atoms with Crippen molar-refractivity contribution in [3.05, 3.63) is 58.9 Å². The number of benzene rings is 1. The lowest BCUT2D eigenvalue weighted by Gasteiger charge is -2.02. The molecule has 0 radical (unpaired) electrons. The van der Waals surface area contributed by atoms with Crippen LogP contribution in [0.1, 0.15) is 16.1 Å². The van der Waals surface area contributed by atoms with Gasteiger partial charge in [-0.3, -0.25) is 4.79 Å². The lowest BCUT2D eigenvalue weighted by atomic mass is 10.2. The number of aldehydes is 1. The molecule has 20 heavy (non-hydrogen) atoms. The molecular formula is C15H11ClN2O2. The SMILES string of the molecule is Cc1ccc(-c2nn(-c3ccccc3Cl)cc2C=O)o1. The summed E-state index contributed by atoms with van der Waals surface area (Å²) in [6, 6.07) is 10.9. The fourth-order valence-electron chi connectivity index (χ4n) is 1.99. The molecule has 0 spiro atoms. The highest BCUT2D eigenvalue weighted by Crippen LogP contribution is 2.26. The largest absolute Gasteiger partial charge is 0.460 e. The first kappa shape index (κ1) is 12.7. The number of carbonyl (C=O) groups excluding carboxylic acids is 1. The van der Waals surface area contributed by atoms with Crippen LogP contribution in [-0.4, -0.2) is 16.1 Å². The Bertz CT molecular complexity index is 774. The maximum Gasteiger partial charge on any atom is 0.155 e. The van der Waals surface area contributed by atoms with E-state index >= 15 is 0 Å². The van der Waals surface area contributed by atoms with Crippen molar-refractivity contribution >= 4 is 17.9 Å². The van der Waals surface area contributed by atoms with Gasteiger partial charge in [-0.25, -0.2) is 4.68 Å². The smallest absolute Gasteiger partial charge is 0.155 e. The van der Waals surface area contributed by atoms with E-state index in [1.165, 1.54) is 0 Å². The van der Waals surface area contributed by atoms with E-state index in [0.29, 0.717) is 27.7 Å². The first-order valence-corrected chi connectivity index (χ1v) is 6.43. The van der Waals surface area contributed by atoms with Gasteiger partial charge in [0.1, 0.15) is 11.5 Å². The summed E-state index contributed by atoms with van der Waals surface area (Å²) in [7, 11) is 0. The van der Waals surface area contributed by atoms with E-state index in [0.717, 1.165) is 12.0 Å². The number of furan rings is 1. The number of halogens is 1. The van der Waals surface area contributed by atoms with Gasteiger partial charge in [0, 0.05) is 6.20 Å². The van der Waals surface area contributed by atoms with Crippen LogP contribution in [0.2, 0.25) is 5.02 Å². The van der Waals surface area contributed by atoms with Crippen molar-refractivity contribution < 1.29 is 9.21 Å². The van der Waals surface area contributed by atoms with Crippen molar-refractivity contribution in [3.63, 3.8) is 0 Å². The molecule has 1 aromatic carbocycles. The van der Waals surface area contributed by atoms with Crippen LogP contribution in [0.5, 0.6) is 0 Å². The summed E-state index contributed by atoms with van der Waals surface area (Å²) in [6.07, 6.45) is 2.40. The number of nitrogens with zero attached hydrogens (tertiary/aromatic N) is 2. The van der Waals surface area contributed by atoms with Gasteiger partial charge in [-0.15, -0.1) is 0 Å². The van der Waals surface area contributed by atoms with Crippen molar-refractivity contribution in [2.75, 3.05) is 0 Å². The maximum atomic E-state index is 11.2. The highest BCUT2D eigenvalue weighted by Gasteiger charge is 2.15. The highest BCUT2D eigenvalue weighted by atomic mass is 35.5. The van der Waals surface area contributed by atoms with Gasteiger partial charge in [-0.1, -0.05) is 23.7 Å². The molecule has 0 aliphatic rings. The van der Waals surface area contributed by atoms with Crippen LogP contribution < -0.4 is 0 Å². The van der Waals surface area contributed by atoms with Gasteiger partial charge < -0.3 is 4.42 Å². The molecule has 3 aromatic rings. The number of aryl methyl sites for hydroxylation is 1. The molecule has 3 rings (SSSR count). The number of carbonyl (C=O) groups is 1. The molecule has 2 aromatic heterocycles. The fourth-order valence-corrected chi connectivity index (χ4v) is 2.21. The zero-order valence-electron chi connectivity index (χ0n) is 10.7. The summed E-state index contributed by atoms with van der Waals surface area (Å²) in [4.78, 5) is 11.2. The zero-order valence-corrected chi connectivity index (χ0v) is 11.5. The van der Waals surface area contributed by atoms with Gasteiger partial charge in [-0.05, 0) is 31.2 Å².